The Bertz CT molecular complexity index is 729. The van der Waals surface area contributed by atoms with Crippen LogP contribution in [0.4, 0.5) is 0 Å². The predicted molar refractivity (Wildman–Crippen MR) is 90.9 cm³/mol. The number of hydrogen-bond acceptors (Lipinski definition) is 5. The summed E-state index contributed by atoms with van der Waals surface area (Å²) in [5.74, 6) is 0.802. The maximum Gasteiger partial charge on any atom is 0.264 e. The Labute approximate surface area is 144 Å². The minimum absolute atomic E-state index is 0.0239. The van der Waals surface area contributed by atoms with Gasteiger partial charge in [0, 0.05) is 26.0 Å². The fraction of sp³-hybridized carbons (Fsp3) is 0.529. The number of carbonyl (C=O) groups is 1. The molecule has 128 valence electrons. The van der Waals surface area contributed by atoms with Crippen LogP contribution in [0.25, 0.3) is 10.7 Å². The molecule has 0 aromatic carbocycles. The third-order valence-electron chi connectivity index (χ3n) is 5.37. The van der Waals surface area contributed by atoms with Crippen molar-refractivity contribution in [2.24, 2.45) is 0 Å². The molecule has 4 rings (SSSR count). The van der Waals surface area contributed by atoms with E-state index in [0.717, 1.165) is 30.0 Å². The van der Waals surface area contributed by atoms with Gasteiger partial charge in [0.05, 0.1) is 27.5 Å². The highest BCUT2D eigenvalue weighted by atomic mass is 32.1. The molecular formula is C17H21N3O3S. The normalized spacial score (nSPS) is 29.7. The molecule has 1 aliphatic carbocycles. The number of carbonyl (C=O) groups excluding carboxylic acids is 1. The largest absolute Gasteiger partial charge is 0.393 e. The molecule has 1 saturated carbocycles. The number of imidazole rings is 1. The van der Waals surface area contributed by atoms with E-state index in [-0.39, 0.29) is 23.7 Å². The molecule has 2 N–H and O–H groups in total. The van der Waals surface area contributed by atoms with Gasteiger partial charge in [-0.3, -0.25) is 4.79 Å². The van der Waals surface area contributed by atoms with E-state index < -0.39 is 0 Å². The van der Waals surface area contributed by atoms with Crippen molar-refractivity contribution >= 4 is 17.2 Å². The average molecular weight is 347 g/mol. The second kappa shape index (κ2) is 5.98. The number of rotatable bonds is 3. The topological polar surface area (TPSA) is 78.5 Å². The Morgan fingerprint density at radius 2 is 2.38 bits per heavy atom. The zero-order valence-corrected chi connectivity index (χ0v) is 14.4. The number of aromatic amines is 1. The first-order chi connectivity index (χ1) is 11.6. The highest BCUT2D eigenvalue weighted by molar-refractivity contribution is 7.17. The van der Waals surface area contributed by atoms with Crippen molar-refractivity contribution in [3.8, 4) is 10.7 Å². The number of aliphatic hydroxyl groups is 1. The molecule has 24 heavy (non-hydrogen) atoms. The van der Waals surface area contributed by atoms with Gasteiger partial charge < -0.3 is 19.7 Å². The Kier molecular flexibility index (Phi) is 3.94. The van der Waals surface area contributed by atoms with Crippen LogP contribution < -0.4 is 0 Å². The lowest BCUT2D eigenvalue weighted by Gasteiger charge is -2.42. The first-order valence-electron chi connectivity index (χ1n) is 8.27. The van der Waals surface area contributed by atoms with Crippen molar-refractivity contribution in [2.45, 2.75) is 43.4 Å². The summed E-state index contributed by atoms with van der Waals surface area (Å²) in [6.45, 7) is 0.679. The van der Waals surface area contributed by atoms with E-state index in [0.29, 0.717) is 17.8 Å². The fourth-order valence-corrected chi connectivity index (χ4v) is 4.96. The van der Waals surface area contributed by atoms with Crippen LogP contribution in [-0.4, -0.2) is 57.3 Å². The van der Waals surface area contributed by atoms with Crippen molar-refractivity contribution in [1.82, 2.24) is 14.9 Å². The number of nitrogens with one attached hydrogen (secondary N) is 1. The van der Waals surface area contributed by atoms with Crippen LogP contribution in [0.15, 0.2) is 24.5 Å². The molecule has 1 saturated heterocycles. The van der Waals surface area contributed by atoms with Gasteiger partial charge in [-0.2, -0.15) is 0 Å². The number of thiophene rings is 1. The molecule has 2 aliphatic rings. The minimum atomic E-state index is -0.353. The van der Waals surface area contributed by atoms with Crippen molar-refractivity contribution in [3.05, 3.63) is 29.4 Å². The van der Waals surface area contributed by atoms with E-state index in [2.05, 4.69) is 9.97 Å². The summed E-state index contributed by atoms with van der Waals surface area (Å²) in [6.07, 6.45) is 6.10. The lowest BCUT2D eigenvalue weighted by atomic mass is 9.79. The molecule has 0 unspecified atom stereocenters. The second-order valence-corrected chi connectivity index (χ2v) is 7.65. The lowest BCUT2D eigenvalue weighted by molar-refractivity contribution is -0.0824. The van der Waals surface area contributed by atoms with Gasteiger partial charge in [0.15, 0.2) is 0 Å². The molecular weight excluding hydrogens is 326 g/mol. The minimum Gasteiger partial charge on any atom is -0.393 e. The Balaban J connectivity index is 1.58. The molecule has 3 atom stereocenters. The number of methoxy groups -OCH3 is 1. The van der Waals surface area contributed by atoms with Crippen molar-refractivity contribution in [1.29, 1.82) is 0 Å². The monoisotopic (exact) mass is 347 g/mol. The molecule has 2 aromatic heterocycles. The molecule has 1 amide bonds. The van der Waals surface area contributed by atoms with E-state index >= 15 is 0 Å². The number of fused-ring (bicyclic) bond motifs is 1. The molecule has 0 radical (unpaired) electrons. The highest BCUT2D eigenvalue weighted by Crippen LogP contribution is 2.43. The second-order valence-electron chi connectivity index (χ2n) is 6.56. The number of amides is 1. The number of ether oxygens (including phenoxy) is 1. The van der Waals surface area contributed by atoms with Crippen molar-refractivity contribution in [3.63, 3.8) is 0 Å². The van der Waals surface area contributed by atoms with Gasteiger partial charge in [0.25, 0.3) is 5.91 Å². The first kappa shape index (κ1) is 15.8. The lowest BCUT2D eigenvalue weighted by Crippen LogP contribution is -2.52. The van der Waals surface area contributed by atoms with Gasteiger partial charge in [0.2, 0.25) is 0 Å². The van der Waals surface area contributed by atoms with Crippen LogP contribution >= 0.6 is 11.3 Å². The van der Waals surface area contributed by atoms with E-state index in [4.69, 9.17) is 4.74 Å². The number of likely N-dealkylation sites (tertiary alicyclic amines) is 1. The summed E-state index contributed by atoms with van der Waals surface area (Å²) < 4.78 is 5.81. The van der Waals surface area contributed by atoms with Crippen molar-refractivity contribution in [2.75, 3.05) is 13.7 Å². The molecule has 6 nitrogen and oxygen atoms in total. The van der Waals surface area contributed by atoms with Gasteiger partial charge >= 0.3 is 0 Å². The molecule has 7 heteroatoms. The number of aromatic nitrogens is 2. The van der Waals surface area contributed by atoms with Gasteiger partial charge in [-0.15, -0.1) is 11.3 Å². The Morgan fingerprint density at radius 1 is 1.50 bits per heavy atom. The van der Waals surface area contributed by atoms with E-state index in [9.17, 15) is 9.90 Å². The summed E-state index contributed by atoms with van der Waals surface area (Å²) in [5.41, 5.74) is -0.296. The standard InChI is InChI=1S/C17H21N3O3S/c1-23-17-5-4-11(21)10-14(17)20(9-6-17)16(22)13-3-2-12(24-13)15-18-7-8-19-15/h2-3,7-8,11,14,21H,4-6,9-10H2,1H3,(H,18,19)/t11-,14-,17+/m0/s1. The molecule has 3 heterocycles. The number of aliphatic hydroxyl groups excluding tert-OH is 1. The first-order valence-corrected chi connectivity index (χ1v) is 9.08. The van der Waals surface area contributed by atoms with Crippen LogP contribution in [-0.2, 0) is 4.74 Å². The Morgan fingerprint density at radius 3 is 3.12 bits per heavy atom. The average Bonchev–Trinajstić information content (AvgIpc) is 3.32. The quantitative estimate of drug-likeness (QED) is 0.893. The highest BCUT2D eigenvalue weighted by Gasteiger charge is 2.52. The number of H-pyrrole nitrogens is 1. The van der Waals surface area contributed by atoms with Crippen molar-refractivity contribution < 1.29 is 14.6 Å². The van der Waals surface area contributed by atoms with Crippen LogP contribution in [0.1, 0.15) is 35.4 Å². The third-order valence-corrected chi connectivity index (χ3v) is 6.45. The van der Waals surface area contributed by atoms with Crippen LogP contribution in [0, 0.1) is 0 Å². The molecule has 0 spiro atoms. The van der Waals surface area contributed by atoms with Gasteiger partial charge in [-0.1, -0.05) is 0 Å². The zero-order valence-electron chi connectivity index (χ0n) is 13.6. The van der Waals surface area contributed by atoms with Crippen LogP contribution in [0.5, 0.6) is 0 Å². The maximum absolute atomic E-state index is 13.0. The summed E-state index contributed by atoms with van der Waals surface area (Å²) in [6, 6.07) is 3.73. The third kappa shape index (κ3) is 2.47. The number of nitrogens with zero attached hydrogens (tertiary/aromatic N) is 2. The molecule has 0 bridgehead atoms. The summed E-state index contributed by atoms with van der Waals surface area (Å²) >= 11 is 1.44. The maximum atomic E-state index is 13.0. The Hall–Kier alpha value is -1.70. The van der Waals surface area contributed by atoms with Gasteiger partial charge in [-0.05, 0) is 37.8 Å². The summed E-state index contributed by atoms with van der Waals surface area (Å²) in [4.78, 5) is 23.9. The van der Waals surface area contributed by atoms with E-state index in [1.54, 1.807) is 19.5 Å². The fourth-order valence-electron chi connectivity index (χ4n) is 4.04. The van der Waals surface area contributed by atoms with E-state index in [1.165, 1.54) is 11.3 Å². The smallest absolute Gasteiger partial charge is 0.264 e. The molecule has 2 fully saturated rings. The molecule has 2 aromatic rings. The molecule has 1 aliphatic heterocycles. The van der Waals surface area contributed by atoms with Crippen LogP contribution in [0.2, 0.25) is 0 Å². The van der Waals surface area contributed by atoms with E-state index in [1.807, 2.05) is 17.0 Å². The van der Waals surface area contributed by atoms with Crippen LogP contribution in [0.3, 0.4) is 0 Å². The predicted octanol–water partition coefficient (Wildman–Crippen LogP) is 2.28. The van der Waals surface area contributed by atoms with Gasteiger partial charge in [-0.25, -0.2) is 4.98 Å². The number of hydrogen-bond donors (Lipinski definition) is 2. The summed E-state index contributed by atoms with van der Waals surface area (Å²) in [7, 11) is 1.72. The zero-order chi connectivity index (χ0) is 16.7. The summed E-state index contributed by atoms with van der Waals surface area (Å²) in [5, 5.41) is 10.1. The SMILES string of the molecule is CO[C@@]12CC[C@H](O)C[C@@H]1N(C(=O)c1ccc(-c3ncc[nH]3)s1)CC2. The van der Waals surface area contributed by atoms with Gasteiger partial charge in [0.1, 0.15) is 5.82 Å².